The number of carbonyl (C=O) groups excluding carboxylic acids is 1. The van der Waals surface area contributed by atoms with Crippen LogP contribution in [-0.2, 0) is 13.0 Å². The zero-order chi connectivity index (χ0) is 16.5. The summed E-state index contributed by atoms with van der Waals surface area (Å²) in [5.74, 6) is 2.40. The molecule has 0 radical (unpaired) electrons. The van der Waals surface area contributed by atoms with E-state index in [9.17, 15) is 4.79 Å². The molecule has 2 amide bonds. The van der Waals surface area contributed by atoms with Crippen molar-refractivity contribution in [2.45, 2.75) is 38.1 Å². The SMILES string of the molecule is O=C(Nc1cccc(Cl)c1)N1CCCC(c2nnc3n2CCC3)C1. The number of anilines is 1. The maximum Gasteiger partial charge on any atom is 0.321 e. The van der Waals surface area contributed by atoms with E-state index < -0.39 is 0 Å². The molecule has 2 aliphatic rings. The number of rotatable bonds is 2. The van der Waals surface area contributed by atoms with E-state index in [0.717, 1.165) is 56.1 Å². The third-order valence-electron chi connectivity index (χ3n) is 4.79. The number of likely N-dealkylation sites (tertiary alicyclic amines) is 1. The summed E-state index contributed by atoms with van der Waals surface area (Å²) >= 11 is 5.98. The predicted molar refractivity (Wildman–Crippen MR) is 92.4 cm³/mol. The number of nitrogens with one attached hydrogen (secondary N) is 1. The molecular weight excluding hydrogens is 326 g/mol. The van der Waals surface area contributed by atoms with Gasteiger partial charge in [-0.2, -0.15) is 0 Å². The van der Waals surface area contributed by atoms with Gasteiger partial charge in [0.2, 0.25) is 0 Å². The smallest absolute Gasteiger partial charge is 0.321 e. The fourth-order valence-corrected chi connectivity index (χ4v) is 3.81. The molecular formula is C17H20ClN5O. The van der Waals surface area contributed by atoms with Crippen LogP contribution in [0.15, 0.2) is 24.3 Å². The molecule has 1 unspecified atom stereocenters. The number of hydrogen-bond acceptors (Lipinski definition) is 3. The Bertz CT molecular complexity index is 759. The van der Waals surface area contributed by atoms with Crippen molar-refractivity contribution in [3.63, 3.8) is 0 Å². The number of fused-ring (bicyclic) bond motifs is 1. The van der Waals surface area contributed by atoms with E-state index in [1.165, 1.54) is 0 Å². The Hall–Kier alpha value is -2.08. The van der Waals surface area contributed by atoms with Gasteiger partial charge in [0, 0.05) is 42.7 Å². The largest absolute Gasteiger partial charge is 0.324 e. The van der Waals surface area contributed by atoms with Gasteiger partial charge in [0.1, 0.15) is 11.6 Å². The summed E-state index contributed by atoms with van der Waals surface area (Å²) in [4.78, 5) is 14.4. The number of urea groups is 1. The fraction of sp³-hybridized carbons (Fsp3) is 0.471. The molecule has 1 saturated heterocycles. The average molecular weight is 346 g/mol. The Kier molecular flexibility index (Phi) is 4.14. The molecule has 24 heavy (non-hydrogen) atoms. The first-order chi connectivity index (χ1) is 11.7. The van der Waals surface area contributed by atoms with Gasteiger partial charge >= 0.3 is 6.03 Å². The summed E-state index contributed by atoms with van der Waals surface area (Å²) < 4.78 is 2.24. The predicted octanol–water partition coefficient (Wildman–Crippen LogP) is 3.29. The molecule has 2 aliphatic heterocycles. The molecule has 6 nitrogen and oxygen atoms in total. The number of piperidine rings is 1. The number of hydrogen-bond donors (Lipinski definition) is 1. The third-order valence-corrected chi connectivity index (χ3v) is 5.02. The zero-order valence-electron chi connectivity index (χ0n) is 13.4. The second-order valence-electron chi connectivity index (χ2n) is 6.46. The van der Waals surface area contributed by atoms with E-state index in [1.807, 2.05) is 17.0 Å². The lowest BCUT2D eigenvalue weighted by Gasteiger charge is -2.32. The van der Waals surface area contributed by atoms with Gasteiger partial charge in [0.25, 0.3) is 0 Å². The number of carbonyl (C=O) groups is 1. The van der Waals surface area contributed by atoms with Crippen molar-refractivity contribution in [3.8, 4) is 0 Å². The topological polar surface area (TPSA) is 63.1 Å². The Labute approximate surface area is 145 Å². The van der Waals surface area contributed by atoms with Crippen LogP contribution in [0, 0.1) is 0 Å². The Morgan fingerprint density at radius 2 is 2.17 bits per heavy atom. The summed E-state index contributed by atoms with van der Waals surface area (Å²) in [7, 11) is 0. The summed E-state index contributed by atoms with van der Waals surface area (Å²) in [6.45, 7) is 2.46. The lowest BCUT2D eigenvalue weighted by Crippen LogP contribution is -2.42. The van der Waals surface area contributed by atoms with Crippen molar-refractivity contribution in [2.24, 2.45) is 0 Å². The van der Waals surface area contributed by atoms with Crippen LogP contribution in [0.3, 0.4) is 0 Å². The molecule has 0 bridgehead atoms. The highest BCUT2D eigenvalue weighted by molar-refractivity contribution is 6.30. The summed E-state index contributed by atoms with van der Waals surface area (Å²) in [5, 5.41) is 12.2. The highest BCUT2D eigenvalue weighted by Crippen LogP contribution is 2.28. The van der Waals surface area contributed by atoms with Crippen molar-refractivity contribution in [2.75, 3.05) is 18.4 Å². The lowest BCUT2D eigenvalue weighted by molar-refractivity contribution is 0.190. The second kappa shape index (κ2) is 6.43. The molecule has 1 N–H and O–H groups in total. The molecule has 1 fully saturated rings. The number of halogens is 1. The molecule has 0 spiro atoms. The molecule has 4 rings (SSSR count). The van der Waals surface area contributed by atoms with Crippen LogP contribution in [0.4, 0.5) is 10.5 Å². The van der Waals surface area contributed by atoms with Gasteiger partial charge < -0.3 is 14.8 Å². The molecule has 0 saturated carbocycles. The van der Waals surface area contributed by atoms with Crippen LogP contribution >= 0.6 is 11.6 Å². The molecule has 1 aromatic carbocycles. The van der Waals surface area contributed by atoms with Gasteiger partial charge in [-0.3, -0.25) is 0 Å². The summed E-state index contributed by atoms with van der Waals surface area (Å²) in [5.41, 5.74) is 0.720. The lowest BCUT2D eigenvalue weighted by atomic mass is 9.97. The van der Waals surface area contributed by atoms with E-state index in [-0.39, 0.29) is 11.9 Å². The second-order valence-corrected chi connectivity index (χ2v) is 6.89. The monoisotopic (exact) mass is 345 g/mol. The van der Waals surface area contributed by atoms with Crippen molar-refractivity contribution in [1.82, 2.24) is 19.7 Å². The van der Waals surface area contributed by atoms with Gasteiger partial charge in [0.15, 0.2) is 0 Å². The van der Waals surface area contributed by atoms with Crippen LogP contribution in [-0.4, -0.2) is 38.8 Å². The quantitative estimate of drug-likeness (QED) is 0.908. The van der Waals surface area contributed by atoms with Crippen molar-refractivity contribution in [3.05, 3.63) is 40.9 Å². The van der Waals surface area contributed by atoms with Crippen LogP contribution in [0.5, 0.6) is 0 Å². The summed E-state index contributed by atoms with van der Waals surface area (Å²) in [6, 6.07) is 7.14. The first-order valence-corrected chi connectivity index (χ1v) is 8.82. The zero-order valence-corrected chi connectivity index (χ0v) is 14.2. The van der Waals surface area contributed by atoms with E-state index in [0.29, 0.717) is 11.6 Å². The summed E-state index contributed by atoms with van der Waals surface area (Å²) in [6.07, 6.45) is 4.19. The minimum Gasteiger partial charge on any atom is -0.324 e. The van der Waals surface area contributed by atoms with E-state index in [4.69, 9.17) is 11.6 Å². The Morgan fingerprint density at radius 1 is 1.25 bits per heavy atom. The third kappa shape index (κ3) is 2.98. The minimum absolute atomic E-state index is 0.0804. The molecule has 3 heterocycles. The van der Waals surface area contributed by atoms with Gasteiger partial charge in [-0.05, 0) is 37.5 Å². The average Bonchev–Trinajstić information content (AvgIpc) is 3.18. The minimum atomic E-state index is -0.0804. The highest BCUT2D eigenvalue weighted by Gasteiger charge is 2.30. The molecule has 1 atom stereocenters. The first kappa shape index (κ1) is 15.4. The number of aryl methyl sites for hydroxylation is 1. The molecule has 126 valence electrons. The first-order valence-electron chi connectivity index (χ1n) is 8.44. The van der Waals surface area contributed by atoms with Crippen molar-refractivity contribution >= 4 is 23.3 Å². The normalized spacial score (nSPS) is 20.0. The van der Waals surface area contributed by atoms with Gasteiger partial charge in [0.05, 0.1) is 0 Å². The van der Waals surface area contributed by atoms with Gasteiger partial charge in [-0.1, -0.05) is 17.7 Å². The number of benzene rings is 1. The standard InChI is InChI=1S/C17H20ClN5O/c18-13-5-1-6-14(10-13)19-17(24)22-8-2-4-12(11-22)16-21-20-15-7-3-9-23(15)16/h1,5-6,10,12H,2-4,7-9,11H2,(H,19,24). The van der Waals surface area contributed by atoms with E-state index in [2.05, 4.69) is 20.1 Å². The van der Waals surface area contributed by atoms with Crippen LogP contribution in [0.1, 0.15) is 36.8 Å². The number of aromatic nitrogens is 3. The molecule has 0 aliphatic carbocycles. The maximum absolute atomic E-state index is 12.6. The van der Waals surface area contributed by atoms with Gasteiger partial charge in [-0.25, -0.2) is 4.79 Å². The molecule has 1 aromatic heterocycles. The Balaban J connectivity index is 1.45. The molecule has 7 heteroatoms. The fourth-order valence-electron chi connectivity index (χ4n) is 3.62. The van der Waals surface area contributed by atoms with Crippen LogP contribution < -0.4 is 5.32 Å². The van der Waals surface area contributed by atoms with Gasteiger partial charge in [-0.15, -0.1) is 10.2 Å². The number of amides is 2. The van der Waals surface area contributed by atoms with Crippen molar-refractivity contribution in [1.29, 1.82) is 0 Å². The van der Waals surface area contributed by atoms with E-state index in [1.54, 1.807) is 12.1 Å². The van der Waals surface area contributed by atoms with Crippen LogP contribution in [0.25, 0.3) is 0 Å². The van der Waals surface area contributed by atoms with Crippen LogP contribution in [0.2, 0.25) is 5.02 Å². The Morgan fingerprint density at radius 3 is 3.04 bits per heavy atom. The van der Waals surface area contributed by atoms with Crippen molar-refractivity contribution < 1.29 is 4.79 Å². The van der Waals surface area contributed by atoms with E-state index >= 15 is 0 Å². The highest BCUT2D eigenvalue weighted by atomic mass is 35.5. The molecule has 2 aromatic rings. The maximum atomic E-state index is 12.6. The number of nitrogens with zero attached hydrogens (tertiary/aromatic N) is 4.